The van der Waals surface area contributed by atoms with Gasteiger partial charge in [0, 0.05) is 11.8 Å². The van der Waals surface area contributed by atoms with Gasteiger partial charge in [-0.1, -0.05) is 42.5 Å². The summed E-state index contributed by atoms with van der Waals surface area (Å²) in [4.78, 5) is 11.3. The Labute approximate surface area is 126 Å². The van der Waals surface area contributed by atoms with Crippen molar-refractivity contribution in [3.63, 3.8) is 0 Å². The monoisotopic (exact) mass is 295 g/mol. The number of hydrogen-bond acceptors (Lipinski definition) is 1. The van der Waals surface area contributed by atoms with Crippen LogP contribution in [0, 0.1) is 5.82 Å². The van der Waals surface area contributed by atoms with Gasteiger partial charge in [0.25, 0.3) is 0 Å². The highest BCUT2D eigenvalue weighted by atomic mass is 19.1. The van der Waals surface area contributed by atoms with Crippen molar-refractivity contribution in [2.24, 2.45) is 0 Å². The number of rotatable bonds is 3. The van der Waals surface area contributed by atoms with Crippen molar-refractivity contribution in [3.8, 4) is 0 Å². The number of benzene rings is 1. The molecule has 0 fully saturated rings. The minimum atomic E-state index is -1.28. The van der Waals surface area contributed by atoms with Gasteiger partial charge in [-0.3, -0.25) is 0 Å². The lowest BCUT2D eigenvalue weighted by Crippen LogP contribution is -2.03. The Kier molecular flexibility index (Phi) is 3.51. The molecule has 0 saturated carbocycles. The Morgan fingerprint density at radius 1 is 1.14 bits per heavy atom. The molecule has 3 nitrogen and oxygen atoms in total. The number of carbonyl (C=O) groups is 1. The van der Waals surface area contributed by atoms with Crippen LogP contribution in [0.3, 0.4) is 0 Å². The van der Waals surface area contributed by atoms with E-state index < -0.39 is 11.8 Å². The standard InChI is InChI=1S/C18H14FNO2/c1-12(11-13-7-3-2-4-8-13)15-14-9-5-6-10-20(14)17(16(15)19)18(21)22/h2-11H,1H3,(H,21,22)/b12-11+. The number of carboxylic acids is 1. The molecule has 110 valence electrons. The average molecular weight is 295 g/mol. The average Bonchev–Trinajstić information content (AvgIpc) is 2.80. The van der Waals surface area contributed by atoms with Crippen molar-refractivity contribution in [1.29, 1.82) is 0 Å². The quantitative estimate of drug-likeness (QED) is 0.781. The third-order valence-corrected chi connectivity index (χ3v) is 3.56. The van der Waals surface area contributed by atoms with Crippen LogP contribution in [-0.2, 0) is 0 Å². The third-order valence-electron chi connectivity index (χ3n) is 3.56. The zero-order valence-corrected chi connectivity index (χ0v) is 12.0. The van der Waals surface area contributed by atoms with E-state index in [1.54, 1.807) is 31.3 Å². The van der Waals surface area contributed by atoms with Crippen molar-refractivity contribution < 1.29 is 14.3 Å². The van der Waals surface area contributed by atoms with Gasteiger partial charge >= 0.3 is 5.97 Å². The maximum absolute atomic E-state index is 14.6. The summed E-state index contributed by atoms with van der Waals surface area (Å²) >= 11 is 0. The Morgan fingerprint density at radius 3 is 2.50 bits per heavy atom. The predicted molar refractivity (Wildman–Crippen MR) is 84.3 cm³/mol. The van der Waals surface area contributed by atoms with Crippen molar-refractivity contribution >= 4 is 23.1 Å². The SMILES string of the molecule is C/C(=C\c1ccccc1)c1c(F)c(C(=O)O)n2ccccc12. The highest BCUT2D eigenvalue weighted by molar-refractivity contribution is 5.95. The van der Waals surface area contributed by atoms with E-state index in [0.717, 1.165) is 5.56 Å². The lowest BCUT2D eigenvalue weighted by molar-refractivity contribution is 0.0684. The molecule has 0 aliphatic carbocycles. The molecule has 1 aromatic carbocycles. The molecule has 0 atom stereocenters. The van der Waals surface area contributed by atoms with Crippen molar-refractivity contribution in [2.75, 3.05) is 0 Å². The van der Waals surface area contributed by atoms with Gasteiger partial charge in [0.2, 0.25) is 0 Å². The molecule has 2 heterocycles. The van der Waals surface area contributed by atoms with Gasteiger partial charge in [-0.15, -0.1) is 0 Å². The van der Waals surface area contributed by atoms with Crippen LogP contribution < -0.4 is 0 Å². The van der Waals surface area contributed by atoms with Crippen molar-refractivity contribution in [2.45, 2.75) is 6.92 Å². The van der Waals surface area contributed by atoms with Gasteiger partial charge in [0.15, 0.2) is 11.5 Å². The van der Waals surface area contributed by atoms with Gasteiger partial charge in [-0.25, -0.2) is 9.18 Å². The molecule has 3 rings (SSSR count). The number of pyridine rings is 1. The Morgan fingerprint density at radius 2 is 1.82 bits per heavy atom. The molecule has 0 radical (unpaired) electrons. The fourth-order valence-corrected chi connectivity index (χ4v) is 2.62. The highest BCUT2D eigenvalue weighted by Crippen LogP contribution is 2.29. The molecule has 2 aromatic heterocycles. The topological polar surface area (TPSA) is 41.7 Å². The van der Waals surface area contributed by atoms with E-state index in [1.807, 2.05) is 36.4 Å². The maximum atomic E-state index is 14.6. The maximum Gasteiger partial charge on any atom is 0.355 e. The van der Waals surface area contributed by atoms with E-state index in [0.29, 0.717) is 16.7 Å². The van der Waals surface area contributed by atoms with E-state index in [2.05, 4.69) is 0 Å². The van der Waals surface area contributed by atoms with Crippen LogP contribution in [0.2, 0.25) is 0 Å². The molecule has 0 bridgehead atoms. The lowest BCUT2D eigenvalue weighted by atomic mass is 10.0. The van der Waals surface area contributed by atoms with Crippen LogP contribution in [0.4, 0.5) is 4.39 Å². The fourth-order valence-electron chi connectivity index (χ4n) is 2.62. The zero-order chi connectivity index (χ0) is 15.7. The Hall–Kier alpha value is -2.88. The minimum Gasteiger partial charge on any atom is -0.476 e. The summed E-state index contributed by atoms with van der Waals surface area (Å²) < 4.78 is 16.0. The lowest BCUT2D eigenvalue weighted by Gasteiger charge is -2.01. The van der Waals surface area contributed by atoms with E-state index in [9.17, 15) is 14.3 Å². The first-order chi connectivity index (χ1) is 10.6. The Balaban J connectivity index is 2.25. The van der Waals surface area contributed by atoms with Crippen LogP contribution in [0.15, 0.2) is 54.7 Å². The molecule has 22 heavy (non-hydrogen) atoms. The second kappa shape index (κ2) is 5.48. The zero-order valence-electron chi connectivity index (χ0n) is 12.0. The summed E-state index contributed by atoms with van der Waals surface area (Å²) in [7, 11) is 0. The van der Waals surface area contributed by atoms with Crippen LogP contribution >= 0.6 is 0 Å². The summed E-state index contributed by atoms with van der Waals surface area (Å²) in [6.07, 6.45) is 3.40. The number of carboxylic acid groups (broad SMARTS) is 1. The number of halogens is 1. The fraction of sp³-hybridized carbons (Fsp3) is 0.0556. The third kappa shape index (κ3) is 2.29. The van der Waals surface area contributed by atoms with Gasteiger partial charge in [0.05, 0.1) is 5.52 Å². The molecule has 0 aliphatic heterocycles. The summed E-state index contributed by atoms with van der Waals surface area (Å²) in [6, 6.07) is 14.7. The van der Waals surface area contributed by atoms with Crippen LogP contribution in [0.5, 0.6) is 0 Å². The molecule has 0 spiro atoms. The number of fused-ring (bicyclic) bond motifs is 1. The number of allylic oxidation sites excluding steroid dienone is 1. The van der Waals surface area contributed by atoms with Gasteiger partial charge < -0.3 is 9.51 Å². The van der Waals surface area contributed by atoms with E-state index in [-0.39, 0.29) is 5.69 Å². The molecule has 0 saturated heterocycles. The van der Waals surface area contributed by atoms with Crippen molar-refractivity contribution in [1.82, 2.24) is 4.40 Å². The number of aromatic nitrogens is 1. The molecule has 0 amide bonds. The van der Waals surface area contributed by atoms with E-state index in [4.69, 9.17) is 0 Å². The molecular formula is C18H14FNO2. The second-order valence-corrected chi connectivity index (χ2v) is 5.04. The first-order valence-corrected chi connectivity index (χ1v) is 6.85. The summed E-state index contributed by atoms with van der Waals surface area (Å²) in [5, 5.41) is 9.27. The summed E-state index contributed by atoms with van der Waals surface area (Å²) in [5.74, 6) is -1.99. The van der Waals surface area contributed by atoms with Crippen LogP contribution in [0.1, 0.15) is 28.5 Å². The smallest absolute Gasteiger partial charge is 0.355 e. The first-order valence-electron chi connectivity index (χ1n) is 6.85. The molecule has 0 aliphatic rings. The van der Waals surface area contributed by atoms with Gasteiger partial charge in [-0.05, 0) is 30.2 Å². The molecule has 0 unspecified atom stereocenters. The van der Waals surface area contributed by atoms with Crippen LogP contribution in [0.25, 0.3) is 17.2 Å². The second-order valence-electron chi connectivity index (χ2n) is 5.04. The predicted octanol–water partition coefficient (Wildman–Crippen LogP) is 4.34. The van der Waals surface area contributed by atoms with E-state index >= 15 is 0 Å². The molecule has 4 heteroatoms. The molecular weight excluding hydrogens is 281 g/mol. The number of hydrogen-bond donors (Lipinski definition) is 1. The molecule has 1 N–H and O–H groups in total. The molecule has 3 aromatic rings. The first kappa shape index (κ1) is 14.1. The van der Waals surface area contributed by atoms with E-state index in [1.165, 1.54) is 4.40 Å². The van der Waals surface area contributed by atoms with Gasteiger partial charge in [-0.2, -0.15) is 0 Å². The Bertz CT molecular complexity index is 879. The van der Waals surface area contributed by atoms with Gasteiger partial charge in [0.1, 0.15) is 0 Å². The number of nitrogens with zero attached hydrogens (tertiary/aromatic N) is 1. The summed E-state index contributed by atoms with van der Waals surface area (Å²) in [5.41, 5.74) is 2.14. The minimum absolute atomic E-state index is 0.321. The van der Waals surface area contributed by atoms with Crippen LogP contribution in [-0.4, -0.2) is 15.5 Å². The van der Waals surface area contributed by atoms with Crippen molar-refractivity contribution in [3.05, 3.63) is 77.4 Å². The summed E-state index contributed by atoms with van der Waals surface area (Å²) in [6.45, 7) is 1.78. The highest BCUT2D eigenvalue weighted by Gasteiger charge is 2.23. The normalized spacial score (nSPS) is 11.8. The number of aromatic carboxylic acids is 1. The largest absolute Gasteiger partial charge is 0.476 e.